The van der Waals surface area contributed by atoms with Gasteiger partial charge in [0.25, 0.3) is 0 Å². The first-order chi connectivity index (χ1) is 9.90. The molecule has 0 aliphatic heterocycles. The van der Waals surface area contributed by atoms with Crippen molar-refractivity contribution in [3.8, 4) is 5.75 Å². The summed E-state index contributed by atoms with van der Waals surface area (Å²) in [5, 5.41) is 7.38. The van der Waals surface area contributed by atoms with E-state index >= 15 is 0 Å². The average molecular weight is 306 g/mol. The molecule has 0 heterocycles. The summed E-state index contributed by atoms with van der Waals surface area (Å²) in [6.07, 6.45) is 5.01. The normalized spacial score (nSPS) is 15.8. The van der Waals surface area contributed by atoms with E-state index in [9.17, 15) is 0 Å². The van der Waals surface area contributed by atoms with Gasteiger partial charge >= 0.3 is 0 Å². The molecule has 0 atom stereocenters. The van der Waals surface area contributed by atoms with Gasteiger partial charge in [0.05, 0.1) is 12.8 Å². The number of hydrogen-bond donors (Lipinski definition) is 2. The number of benzene rings is 1. The van der Waals surface area contributed by atoms with Crippen LogP contribution in [0.2, 0.25) is 0 Å². The van der Waals surface area contributed by atoms with Crippen molar-refractivity contribution in [2.75, 3.05) is 12.4 Å². The summed E-state index contributed by atoms with van der Waals surface area (Å²) in [4.78, 5) is 0. The van der Waals surface area contributed by atoms with Crippen molar-refractivity contribution in [3.63, 3.8) is 0 Å². The van der Waals surface area contributed by atoms with Gasteiger partial charge in [-0.3, -0.25) is 0 Å². The number of hydrogen-bond acceptors (Lipinski definition) is 2. The molecule has 1 fully saturated rings. The summed E-state index contributed by atoms with van der Waals surface area (Å²) in [7, 11) is 1.69. The summed E-state index contributed by atoms with van der Waals surface area (Å²) in [5.41, 5.74) is 2.29. The van der Waals surface area contributed by atoms with Gasteiger partial charge in [0.1, 0.15) is 5.75 Å². The van der Waals surface area contributed by atoms with Gasteiger partial charge in [0.15, 0.2) is 5.11 Å². The van der Waals surface area contributed by atoms with Crippen LogP contribution in [0.1, 0.15) is 52.0 Å². The smallest absolute Gasteiger partial charge is 0.171 e. The highest BCUT2D eigenvalue weighted by Crippen LogP contribution is 2.31. The van der Waals surface area contributed by atoms with Crippen molar-refractivity contribution in [3.05, 3.63) is 23.8 Å². The van der Waals surface area contributed by atoms with E-state index in [1.165, 1.54) is 31.2 Å². The molecule has 0 radical (unpaired) electrons. The zero-order valence-corrected chi connectivity index (χ0v) is 14.3. The van der Waals surface area contributed by atoms with Crippen LogP contribution in [0.4, 0.5) is 5.69 Å². The first-order valence-corrected chi connectivity index (χ1v) is 8.07. The molecule has 4 heteroatoms. The second-order valence-corrected chi connectivity index (χ2v) is 7.15. The maximum absolute atomic E-state index is 5.44. The van der Waals surface area contributed by atoms with Crippen molar-refractivity contribution in [1.82, 2.24) is 5.32 Å². The average Bonchev–Trinajstić information content (AvgIpc) is 2.90. The Bertz CT molecular complexity index is 502. The van der Waals surface area contributed by atoms with Crippen LogP contribution in [0.5, 0.6) is 5.75 Å². The van der Waals surface area contributed by atoms with Gasteiger partial charge in [-0.15, -0.1) is 0 Å². The van der Waals surface area contributed by atoms with Crippen LogP contribution in [0.15, 0.2) is 18.2 Å². The van der Waals surface area contributed by atoms with Crippen molar-refractivity contribution in [2.45, 2.75) is 57.9 Å². The van der Waals surface area contributed by atoms with E-state index in [0.717, 1.165) is 11.4 Å². The predicted octanol–water partition coefficient (Wildman–Crippen LogP) is 4.22. The van der Waals surface area contributed by atoms with E-state index in [2.05, 4.69) is 43.5 Å². The molecule has 0 aromatic heterocycles. The third kappa shape index (κ3) is 4.34. The fraction of sp³-hybridized carbons (Fsp3) is 0.588. The van der Waals surface area contributed by atoms with Crippen molar-refractivity contribution in [1.29, 1.82) is 0 Å². The Hall–Kier alpha value is -1.29. The first-order valence-electron chi connectivity index (χ1n) is 7.66. The molecule has 0 spiro atoms. The lowest BCUT2D eigenvalue weighted by atomic mass is 9.87. The van der Waals surface area contributed by atoms with E-state index in [1.807, 2.05) is 6.07 Å². The molecule has 0 amide bonds. The number of rotatable bonds is 3. The molecular formula is C17H26N2OS. The topological polar surface area (TPSA) is 33.3 Å². The first kappa shape index (κ1) is 16.1. The van der Waals surface area contributed by atoms with Gasteiger partial charge < -0.3 is 15.4 Å². The van der Waals surface area contributed by atoms with E-state index in [4.69, 9.17) is 17.0 Å². The minimum Gasteiger partial charge on any atom is -0.495 e. The Labute approximate surface area is 133 Å². The molecule has 21 heavy (non-hydrogen) atoms. The second-order valence-electron chi connectivity index (χ2n) is 6.74. The van der Waals surface area contributed by atoms with Crippen LogP contribution in [0.3, 0.4) is 0 Å². The summed E-state index contributed by atoms with van der Waals surface area (Å²) in [6, 6.07) is 6.75. The number of anilines is 1. The highest BCUT2D eigenvalue weighted by atomic mass is 32.1. The molecule has 0 unspecified atom stereocenters. The Morgan fingerprint density at radius 3 is 2.48 bits per heavy atom. The molecule has 116 valence electrons. The van der Waals surface area contributed by atoms with Crippen LogP contribution in [0.25, 0.3) is 0 Å². The number of nitrogens with one attached hydrogen (secondary N) is 2. The Kier molecular flexibility index (Phi) is 5.09. The Balaban J connectivity index is 2.11. The molecule has 1 saturated carbocycles. The van der Waals surface area contributed by atoms with Crippen LogP contribution >= 0.6 is 12.2 Å². The van der Waals surface area contributed by atoms with Gasteiger partial charge in [-0.2, -0.15) is 0 Å². The SMILES string of the molecule is COc1ccc(C(C)(C)C)cc1NC(=S)NC1CCCC1. The number of thiocarbonyl (C=S) groups is 1. The minimum atomic E-state index is 0.100. The maximum Gasteiger partial charge on any atom is 0.171 e. The summed E-state index contributed by atoms with van der Waals surface area (Å²) < 4.78 is 5.43. The lowest BCUT2D eigenvalue weighted by molar-refractivity contribution is 0.416. The predicted molar refractivity (Wildman–Crippen MR) is 93.3 cm³/mol. The van der Waals surface area contributed by atoms with Gasteiger partial charge in [-0.05, 0) is 48.2 Å². The quantitative estimate of drug-likeness (QED) is 0.819. The summed E-state index contributed by atoms with van der Waals surface area (Å²) in [6.45, 7) is 6.61. The molecule has 1 aromatic rings. The summed E-state index contributed by atoms with van der Waals surface area (Å²) in [5.74, 6) is 0.818. The Morgan fingerprint density at radius 2 is 1.90 bits per heavy atom. The highest BCUT2D eigenvalue weighted by Gasteiger charge is 2.18. The Morgan fingerprint density at radius 1 is 1.24 bits per heavy atom. The molecule has 1 aliphatic carbocycles. The number of ether oxygens (including phenoxy) is 1. The van der Waals surface area contributed by atoms with Crippen molar-refractivity contribution >= 4 is 23.0 Å². The molecule has 2 rings (SSSR count). The third-order valence-corrected chi connectivity index (χ3v) is 4.22. The fourth-order valence-corrected chi connectivity index (χ4v) is 2.96. The van der Waals surface area contributed by atoms with E-state index < -0.39 is 0 Å². The molecule has 0 saturated heterocycles. The van der Waals surface area contributed by atoms with Gasteiger partial charge in [-0.1, -0.05) is 39.7 Å². The van der Waals surface area contributed by atoms with E-state index in [0.29, 0.717) is 11.2 Å². The zero-order valence-electron chi connectivity index (χ0n) is 13.5. The molecular weight excluding hydrogens is 280 g/mol. The van der Waals surface area contributed by atoms with E-state index in [1.54, 1.807) is 7.11 Å². The second kappa shape index (κ2) is 6.65. The lowest BCUT2D eigenvalue weighted by Crippen LogP contribution is -2.36. The van der Waals surface area contributed by atoms with Gasteiger partial charge in [0, 0.05) is 6.04 Å². The fourth-order valence-electron chi connectivity index (χ4n) is 2.69. The zero-order chi connectivity index (χ0) is 15.5. The number of methoxy groups -OCH3 is 1. The highest BCUT2D eigenvalue weighted by molar-refractivity contribution is 7.80. The summed E-state index contributed by atoms with van der Waals surface area (Å²) >= 11 is 5.44. The van der Waals surface area contributed by atoms with Gasteiger partial charge in [0.2, 0.25) is 0 Å². The van der Waals surface area contributed by atoms with Crippen LogP contribution in [-0.4, -0.2) is 18.3 Å². The van der Waals surface area contributed by atoms with Crippen molar-refractivity contribution < 1.29 is 4.74 Å². The lowest BCUT2D eigenvalue weighted by Gasteiger charge is -2.22. The molecule has 2 N–H and O–H groups in total. The maximum atomic E-state index is 5.44. The van der Waals surface area contributed by atoms with Crippen LogP contribution in [0, 0.1) is 0 Å². The van der Waals surface area contributed by atoms with Gasteiger partial charge in [-0.25, -0.2) is 0 Å². The molecule has 1 aromatic carbocycles. The van der Waals surface area contributed by atoms with Crippen molar-refractivity contribution in [2.24, 2.45) is 0 Å². The van der Waals surface area contributed by atoms with Crippen LogP contribution < -0.4 is 15.4 Å². The molecule has 0 bridgehead atoms. The van der Waals surface area contributed by atoms with Crippen LogP contribution in [-0.2, 0) is 5.41 Å². The minimum absolute atomic E-state index is 0.100. The van der Waals surface area contributed by atoms with E-state index in [-0.39, 0.29) is 5.41 Å². The molecule has 1 aliphatic rings. The third-order valence-electron chi connectivity index (χ3n) is 4.00. The standard InChI is InChI=1S/C17H26N2OS/c1-17(2,3)12-9-10-15(20-4)14(11-12)19-16(21)18-13-7-5-6-8-13/h9-11,13H,5-8H2,1-4H3,(H2,18,19,21). The largest absolute Gasteiger partial charge is 0.495 e. The molecule has 3 nitrogen and oxygen atoms in total. The monoisotopic (exact) mass is 306 g/mol.